The van der Waals surface area contributed by atoms with Gasteiger partial charge in [-0.1, -0.05) is 61.4 Å². The van der Waals surface area contributed by atoms with Crippen LogP contribution in [-0.4, -0.2) is 31.2 Å². The van der Waals surface area contributed by atoms with E-state index in [1.54, 1.807) is 41.0 Å². The first-order valence-corrected chi connectivity index (χ1v) is 16.2. The van der Waals surface area contributed by atoms with Gasteiger partial charge in [0.1, 0.15) is 0 Å². The van der Waals surface area contributed by atoms with Crippen LogP contribution in [0, 0.1) is 6.92 Å². The summed E-state index contributed by atoms with van der Waals surface area (Å²) in [5.74, 6) is -0.207. The van der Waals surface area contributed by atoms with Crippen molar-refractivity contribution < 1.29 is 25.6 Å². The summed E-state index contributed by atoms with van der Waals surface area (Å²) in [5, 5.41) is 0.731. The van der Waals surface area contributed by atoms with Crippen LogP contribution < -0.4 is 14.5 Å². The number of aromatic nitrogens is 1. The Morgan fingerprint density at radius 1 is 0.951 bits per heavy atom. The number of benzene rings is 3. The fourth-order valence-electron chi connectivity index (χ4n) is 4.58. The van der Waals surface area contributed by atoms with Crippen LogP contribution >= 0.6 is 0 Å². The van der Waals surface area contributed by atoms with Gasteiger partial charge in [-0.3, -0.25) is 14.1 Å². The maximum atomic E-state index is 13.6. The summed E-state index contributed by atoms with van der Waals surface area (Å²) >= 11 is 0. The fraction of sp³-hybridized carbons (Fsp3) is 0.300. The van der Waals surface area contributed by atoms with E-state index in [2.05, 4.69) is 11.6 Å². The first kappa shape index (κ1) is 30.3. The molecule has 2 N–H and O–H groups in total. The van der Waals surface area contributed by atoms with Crippen LogP contribution in [0.1, 0.15) is 50.4 Å². The Labute approximate surface area is 240 Å². The van der Waals surface area contributed by atoms with Gasteiger partial charge in [-0.05, 0) is 68.8 Å². The van der Waals surface area contributed by atoms with Crippen molar-refractivity contribution in [1.29, 1.82) is 0 Å². The maximum absolute atomic E-state index is 13.6. The smallest absolute Gasteiger partial charge is 0.361 e. The van der Waals surface area contributed by atoms with Crippen molar-refractivity contribution in [3.63, 3.8) is 0 Å². The first-order valence-electron chi connectivity index (χ1n) is 13.3. The van der Waals surface area contributed by atoms with E-state index in [0.717, 1.165) is 29.5 Å². The van der Waals surface area contributed by atoms with Crippen molar-refractivity contribution >= 4 is 36.9 Å². The topological polar surface area (TPSA) is 132 Å². The molecular weight excluding hydrogens is 564 g/mol. The molecule has 0 aliphatic heterocycles. The molecule has 4 aromatic rings. The average Bonchev–Trinajstić information content (AvgIpc) is 2.89. The Morgan fingerprint density at radius 3 is 2.37 bits per heavy atom. The zero-order chi connectivity index (χ0) is 29.9. The average molecular weight is 599 g/mol. The standard InChI is InChI=1S/C30H34N2O7S2/c1-5-6-9-24-18-23-14-12-21(4)16-27(23)30(33)32(24)19-22-13-15-26(29(17-22)39-41(36,37)38)25-10-7-8-11-28(25)31-40(34,35)20(2)3/h7-8,10-18,20,31H,5-6,9,19H2,1-4H3,(H,36,37,38). The van der Waals surface area contributed by atoms with Crippen LogP contribution in [-0.2, 0) is 33.4 Å². The molecule has 11 heteroatoms. The van der Waals surface area contributed by atoms with Gasteiger partial charge in [-0.15, -0.1) is 0 Å². The number of nitrogens with zero attached hydrogens (tertiary/aromatic N) is 1. The van der Waals surface area contributed by atoms with E-state index in [-0.39, 0.29) is 29.1 Å². The van der Waals surface area contributed by atoms with E-state index < -0.39 is 25.7 Å². The number of hydrogen-bond acceptors (Lipinski definition) is 6. The summed E-state index contributed by atoms with van der Waals surface area (Å²) in [6.07, 6.45) is 2.52. The number of nitrogens with one attached hydrogen (secondary N) is 1. The highest BCUT2D eigenvalue weighted by Crippen LogP contribution is 2.37. The lowest BCUT2D eigenvalue weighted by Gasteiger charge is -2.18. The van der Waals surface area contributed by atoms with E-state index in [0.29, 0.717) is 22.9 Å². The fourth-order valence-corrected chi connectivity index (χ4v) is 5.67. The summed E-state index contributed by atoms with van der Waals surface area (Å²) in [7, 11) is -8.64. The molecular formula is C30H34N2O7S2. The molecule has 0 saturated carbocycles. The molecule has 0 radical (unpaired) electrons. The molecule has 0 unspecified atom stereocenters. The number of fused-ring (bicyclic) bond motifs is 1. The zero-order valence-corrected chi connectivity index (χ0v) is 25.1. The van der Waals surface area contributed by atoms with Gasteiger partial charge >= 0.3 is 10.4 Å². The van der Waals surface area contributed by atoms with Gasteiger partial charge in [-0.2, -0.15) is 8.42 Å². The van der Waals surface area contributed by atoms with Gasteiger partial charge in [0.05, 0.1) is 17.5 Å². The van der Waals surface area contributed by atoms with Gasteiger partial charge in [0, 0.05) is 22.2 Å². The van der Waals surface area contributed by atoms with Crippen molar-refractivity contribution in [2.24, 2.45) is 0 Å². The Balaban J connectivity index is 1.85. The predicted molar refractivity (Wildman–Crippen MR) is 162 cm³/mol. The number of para-hydroxylation sites is 1. The maximum Gasteiger partial charge on any atom is 0.446 e. The summed E-state index contributed by atoms with van der Waals surface area (Å²) < 4.78 is 67.6. The molecule has 0 aliphatic rings. The lowest BCUT2D eigenvalue weighted by Crippen LogP contribution is -2.24. The molecule has 4 rings (SSSR count). The lowest BCUT2D eigenvalue weighted by molar-refractivity contribution is 0.387. The van der Waals surface area contributed by atoms with Gasteiger partial charge in [-0.25, -0.2) is 8.42 Å². The molecule has 0 saturated heterocycles. The highest BCUT2D eigenvalue weighted by Gasteiger charge is 2.21. The van der Waals surface area contributed by atoms with E-state index >= 15 is 0 Å². The van der Waals surface area contributed by atoms with E-state index in [4.69, 9.17) is 4.18 Å². The van der Waals surface area contributed by atoms with Crippen LogP contribution in [0.3, 0.4) is 0 Å². The minimum atomic E-state index is -4.93. The summed E-state index contributed by atoms with van der Waals surface area (Å²) in [5.41, 5.74) is 3.01. The third kappa shape index (κ3) is 7.16. The Morgan fingerprint density at radius 2 is 1.68 bits per heavy atom. The van der Waals surface area contributed by atoms with Gasteiger partial charge in [0.2, 0.25) is 10.0 Å². The second-order valence-corrected chi connectivity index (χ2v) is 13.6. The van der Waals surface area contributed by atoms with Gasteiger partial charge in [0.25, 0.3) is 5.56 Å². The summed E-state index contributed by atoms with van der Waals surface area (Å²) in [6.45, 7) is 7.20. The van der Waals surface area contributed by atoms with Crippen molar-refractivity contribution in [1.82, 2.24) is 4.57 Å². The molecule has 9 nitrogen and oxygen atoms in total. The molecule has 218 valence electrons. The van der Waals surface area contributed by atoms with Crippen LogP contribution in [0.2, 0.25) is 0 Å². The van der Waals surface area contributed by atoms with Crippen LogP contribution in [0.4, 0.5) is 5.69 Å². The summed E-state index contributed by atoms with van der Waals surface area (Å²) in [6, 6.07) is 19.0. The monoisotopic (exact) mass is 598 g/mol. The second-order valence-electron chi connectivity index (χ2n) is 10.3. The minimum absolute atomic E-state index is 0.130. The molecule has 0 bridgehead atoms. The lowest BCUT2D eigenvalue weighted by atomic mass is 10.0. The molecule has 3 aromatic carbocycles. The molecule has 0 atom stereocenters. The van der Waals surface area contributed by atoms with Crippen molar-refractivity contribution in [3.05, 3.63) is 93.9 Å². The summed E-state index contributed by atoms with van der Waals surface area (Å²) in [4.78, 5) is 13.6. The second kappa shape index (κ2) is 12.1. The molecule has 0 aliphatic carbocycles. The molecule has 1 heterocycles. The van der Waals surface area contributed by atoms with Gasteiger partial charge < -0.3 is 8.75 Å². The molecule has 0 spiro atoms. The number of hydrogen-bond donors (Lipinski definition) is 2. The number of anilines is 1. The molecule has 41 heavy (non-hydrogen) atoms. The van der Waals surface area contributed by atoms with Crippen LogP contribution in [0.5, 0.6) is 5.75 Å². The number of unbranched alkanes of at least 4 members (excludes halogenated alkanes) is 1. The highest BCUT2D eigenvalue weighted by atomic mass is 32.3. The Kier molecular flexibility index (Phi) is 8.91. The zero-order valence-electron chi connectivity index (χ0n) is 23.4. The van der Waals surface area contributed by atoms with E-state index in [1.165, 1.54) is 19.9 Å². The number of rotatable bonds is 11. The van der Waals surface area contributed by atoms with E-state index in [9.17, 15) is 26.2 Å². The number of sulfonamides is 1. The van der Waals surface area contributed by atoms with Crippen molar-refractivity contribution in [3.8, 4) is 16.9 Å². The molecule has 1 aromatic heterocycles. The first-order chi connectivity index (χ1) is 19.3. The minimum Gasteiger partial charge on any atom is -0.361 e. The van der Waals surface area contributed by atoms with Gasteiger partial charge in [0.15, 0.2) is 5.75 Å². The van der Waals surface area contributed by atoms with Crippen molar-refractivity contribution in [2.45, 2.75) is 58.8 Å². The quantitative estimate of drug-likeness (QED) is 0.212. The number of pyridine rings is 1. The van der Waals surface area contributed by atoms with Crippen LogP contribution in [0.25, 0.3) is 21.9 Å². The normalized spacial score (nSPS) is 12.1. The number of aryl methyl sites for hydroxylation is 2. The third-order valence-electron chi connectivity index (χ3n) is 6.81. The van der Waals surface area contributed by atoms with Crippen molar-refractivity contribution in [2.75, 3.05) is 4.72 Å². The Hall–Kier alpha value is -3.67. The molecule has 0 fully saturated rings. The van der Waals surface area contributed by atoms with Crippen LogP contribution in [0.15, 0.2) is 71.5 Å². The largest absolute Gasteiger partial charge is 0.446 e. The third-order valence-corrected chi connectivity index (χ3v) is 8.95. The van der Waals surface area contributed by atoms with E-state index in [1.807, 2.05) is 31.2 Å². The Bertz CT molecular complexity index is 1860. The molecule has 0 amide bonds. The predicted octanol–water partition coefficient (Wildman–Crippen LogP) is 5.70. The highest BCUT2D eigenvalue weighted by molar-refractivity contribution is 7.93. The SMILES string of the molecule is CCCCc1cc2ccc(C)cc2c(=O)n1Cc1ccc(-c2ccccc2NS(=O)(=O)C(C)C)c(OS(=O)(=O)O)c1.